The molecular weight excluding hydrogens is 276 g/mol. The fourth-order valence-electron chi connectivity index (χ4n) is 2.25. The van der Waals surface area contributed by atoms with E-state index in [0.29, 0.717) is 13.2 Å². The predicted octanol–water partition coefficient (Wildman–Crippen LogP) is 3.01. The molecule has 0 aliphatic carbocycles. The Hall–Kier alpha value is -1.97. The number of rotatable bonds is 8. The normalized spacial score (nSPS) is 13.5. The van der Waals surface area contributed by atoms with E-state index in [1.807, 2.05) is 67.6 Å². The van der Waals surface area contributed by atoms with Gasteiger partial charge in [-0.3, -0.25) is 4.79 Å². The lowest BCUT2D eigenvalue weighted by molar-refractivity contribution is -0.130. The summed E-state index contributed by atoms with van der Waals surface area (Å²) in [4.78, 5) is 12.1. The molecule has 2 atom stereocenters. The average molecular weight is 298 g/mol. The second-order valence-electron chi connectivity index (χ2n) is 5.55. The van der Waals surface area contributed by atoms with Gasteiger partial charge in [0.15, 0.2) is 5.78 Å². The quantitative estimate of drug-likeness (QED) is 0.815. The molecule has 0 heterocycles. The third-order valence-electron chi connectivity index (χ3n) is 3.58. The van der Waals surface area contributed by atoms with Crippen LogP contribution in [0.2, 0.25) is 0 Å². The summed E-state index contributed by atoms with van der Waals surface area (Å²) in [6.45, 7) is 2.68. The number of carbonyl (C=O) groups is 1. The largest absolute Gasteiger partial charge is 0.385 e. The van der Waals surface area contributed by atoms with Gasteiger partial charge in [0.05, 0.1) is 13.2 Å². The van der Waals surface area contributed by atoms with Gasteiger partial charge >= 0.3 is 0 Å². The molecule has 2 rings (SSSR count). The highest BCUT2D eigenvalue weighted by Gasteiger charge is 2.22. The minimum atomic E-state index is -0.990. The summed E-state index contributed by atoms with van der Waals surface area (Å²) in [6, 6.07) is 19.3. The van der Waals surface area contributed by atoms with Crippen molar-refractivity contribution in [3.05, 3.63) is 71.8 Å². The van der Waals surface area contributed by atoms with Crippen molar-refractivity contribution in [3.8, 4) is 0 Å². The fraction of sp³-hybridized carbons (Fsp3) is 0.316. The predicted molar refractivity (Wildman–Crippen MR) is 86.4 cm³/mol. The Balaban J connectivity index is 1.76. The van der Waals surface area contributed by atoms with Gasteiger partial charge in [-0.1, -0.05) is 67.6 Å². The van der Waals surface area contributed by atoms with Gasteiger partial charge in [-0.2, -0.15) is 0 Å². The van der Waals surface area contributed by atoms with E-state index in [1.165, 1.54) is 0 Å². The topological polar surface area (TPSA) is 46.5 Å². The zero-order valence-electron chi connectivity index (χ0n) is 12.8. The Kier molecular flexibility index (Phi) is 6.31. The minimum Gasteiger partial charge on any atom is -0.385 e. The summed E-state index contributed by atoms with van der Waals surface area (Å²) in [7, 11) is 0. The van der Waals surface area contributed by atoms with E-state index < -0.39 is 6.10 Å². The molecule has 0 spiro atoms. The smallest absolute Gasteiger partial charge is 0.165 e. The van der Waals surface area contributed by atoms with Crippen LogP contribution in [0, 0.1) is 5.92 Å². The molecule has 2 aromatic carbocycles. The molecule has 0 aliphatic heterocycles. The lowest BCUT2D eigenvalue weighted by atomic mass is 9.97. The Morgan fingerprint density at radius 1 is 1.00 bits per heavy atom. The van der Waals surface area contributed by atoms with Crippen LogP contribution in [0.25, 0.3) is 0 Å². The van der Waals surface area contributed by atoms with E-state index in [4.69, 9.17) is 4.74 Å². The fourth-order valence-corrected chi connectivity index (χ4v) is 2.25. The Labute approximate surface area is 131 Å². The van der Waals surface area contributed by atoms with E-state index in [-0.39, 0.29) is 18.1 Å². The van der Waals surface area contributed by atoms with Crippen LogP contribution in [0.5, 0.6) is 0 Å². The summed E-state index contributed by atoms with van der Waals surface area (Å²) < 4.78 is 5.59. The molecule has 0 aliphatic rings. The summed E-state index contributed by atoms with van der Waals surface area (Å²) in [5, 5.41) is 10.1. The molecule has 116 valence electrons. The first-order valence-corrected chi connectivity index (χ1v) is 7.53. The number of hydrogen-bond donors (Lipinski definition) is 1. The van der Waals surface area contributed by atoms with Crippen LogP contribution in [0.3, 0.4) is 0 Å². The molecule has 2 aromatic rings. The van der Waals surface area contributed by atoms with Crippen LogP contribution in [0.15, 0.2) is 60.7 Å². The maximum atomic E-state index is 12.1. The first-order valence-electron chi connectivity index (χ1n) is 7.53. The van der Waals surface area contributed by atoms with Crippen molar-refractivity contribution in [3.63, 3.8) is 0 Å². The maximum absolute atomic E-state index is 12.1. The molecule has 0 bridgehead atoms. The molecule has 1 N–H and O–H groups in total. The lowest BCUT2D eigenvalue weighted by Crippen LogP contribution is -2.31. The Bertz CT molecular complexity index is 566. The highest BCUT2D eigenvalue weighted by molar-refractivity contribution is 5.85. The SMILES string of the molecule is C[C@H](COCc1ccccc1)[C@@H](O)C(=O)Cc1ccccc1. The van der Waals surface area contributed by atoms with Gasteiger partial charge < -0.3 is 9.84 Å². The molecule has 0 amide bonds. The minimum absolute atomic E-state index is 0.165. The van der Waals surface area contributed by atoms with Gasteiger partial charge in [-0.15, -0.1) is 0 Å². The van der Waals surface area contributed by atoms with Crippen LogP contribution < -0.4 is 0 Å². The molecule has 0 aromatic heterocycles. The number of ether oxygens (including phenoxy) is 1. The van der Waals surface area contributed by atoms with Gasteiger partial charge in [0.1, 0.15) is 6.10 Å². The summed E-state index contributed by atoms with van der Waals surface area (Å²) >= 11 is 0. The number of hydrogen-bond acceptors (Lipinski definition) is 3. The van der Waals surface area contributed by atoms with E-state index in [1.54, 1.807) is 0 Å². The molecule has 3 heteroatoms. The third-order valence-corrected chi connectivity index (χ3v) is 3.58. The number of carbonyl (C=O) groups excluding carboxylic acids is 1. The van der Waals surface area contributed by atoms with Crippen LogP contribution in [-0.2, 0) is 22.6 Å². The number of ketones is 1. The van der Waals surface area contributed by atoms with Crippen molar-refractivity contribution < 1.29 is 14.6 Å². The molecule has 3 nitrogen and oxygen atoms in total. The first-order chi connectivity index (χ1) is 10.7. The maximum Gasteiger partial charge on any atom is 0.165 e. The van der Waals surface area contributed by atoms with E-state index in [9.17, 15) is 9.90 Å². The first kappa shape index (κ1) is 16.4. The molecule has 0 saturated carbocycles. The lowest BCUT2D eigenvalue weighted by Gasteiger charge is -2.18. The molecule has 22 heavy (non-hydrogen) atoms. The van der Waals surface area contributed by atoms with Gasteiger partial charge in [-0.05, 0) is 11.1 Å². The number of aliphatic hydroxyl groups excluding tert-OH is 1. The van der Waals surface area contributed by atoms with Gasteiger partial charge in [0, 0.05) is 12.3 Å². The molecule has 0 unspecified atom stereocenters. The molecule has 0 radical (unpaired) electrons. The van der Waals surface area contributed by atoms with Crippen molar-refractivity contribution in [2.24, 2.45) is 5.92 Å². The number of benzene rings is 2. The second kappa shape index (κ2) is 8.47. The highest BCUT2D eigenvalue weighted by Crippen LogP contribution is 2.10. The monoisotopic (exact) mass is 298 g/mol. The molecule has 0 saturated heterocycles. The summed E-state index contributed by atoms with van der Waals surface area (Å²) in [5.41, 5.74) is 2.00. The standard InChI is InChI=1S/C19H22O3/c1-15(13-22-14-17-10-6-3-7-11-17)19(21)18(20)12-16-8-4-2-5-9-16/h2-11,15,19,21H,12-14H2,1H3/t15-,19-/m1/s1. The van der Waals surface area contributed by atoms with E-state index >= 15 is 0 Å². The summed E-state index contributed by atoms with van der Waals surface area (Å²) in [5.74, 6) is -0.387. The highest BCUT2D eigenvalue weighted by atomic mass is 16.5. The van der Waals surface area contributed by atoms with Gasteiger partial charge in [-0.25, -0.2) is 0 Å². The zero-order chi connectivity index (χ0) is 15.8. The Morgan fingerprint density at radius 3 is 2.14 bits per heavy atom. The van der Waals surface area contributed by atoms with Crippen LogP contribution in [-0.4, -0.2) is 23.6 Å². The van der Waals surface area contributed by atoms with Crippen molar-refractivity contribution in [2.45, 2.75) is 26.1 Å². The summed E-state index contributed by atoms with van der Waals surface area (Å²) in [6.07, 6.45) is -0.735. The Morgan fingerprint density at radius 2 is 1.55 bits per heavy atom. The molecular formula is C19H22O3. The van der Waals surface area contributed by atoms with Crippen LogP contribution in [0.1, 0.15) is 18.1 Å². The van der Waals surface area contributed by atoms with Crippen LogP contribution >= 0.6 is 0 Å². The second-order valence-corrected chi connectivity index (χ2v) is 5.55. The third kappa shape index (κ3) is 5.10. The van der Waals surface area contributed by atoms with Crippen molar-refractivity contribution >= 4 is 5.78 Å². The zero-order valence-corrected chi connectivity index (χ0v) is 12.8. The number of aliphatic hydroxyl groups is 1. The van der Waals surface area contributed by atoms with E-state index in [2.05, 4.69) is 0 Å². The van der Waals surface area contributed by atoms with Gasteiger partial charge in [0.2, 0.25) is 0 Å². The number of Topliss-reactive ketones (excluding diaryl/α,β-unsaturated/α-hetero) is 1. The van der Waals surface area contributed by atoms with Crippen molar-refractivity contribution in [1.29, 1.82) is 0 Å². The van der Waals surface area contributed by atoms with Crippen molar-refractivity contribution in [2.75, 3.05) is 6.61 Å². The average Bonchev–Trinajstić information content (AvgIpc) is 2.56. The molecule has 0 fully saturated rings. The van der Waals surface area contributed by atoms with E-state index in [0.717, 1.165) is 11.1 Å². The van der Waals surface area contributed by atoms with Gasteiger partial charge in [0.25, 0.3) is 0 Å². The van der Waals surface area contributed by atoms with Crippen LogP contribution in [0.4, 0.5) is 0 Å². The van der Waals surface area contributed by atoms with Crippen molar-refractivity contribution in [1.82, 2.24) is 0 Å².